The molecule has 4 rings (SSSR count). The number of morpholine rings is 1. The minimum atomic E-state index is -0.373. The normalized spacial score (nSPS) is 17.2. The maximum atomic E-state index is 14.0. The average molecular weight is 435 g/mol. The van der Waals surface area contributed by atoms with Crippen molar-refractivity contribution >= 4 is 29.0 Å². The summed E-state index contributed by atoms with van der Waals surface area (Å²) < 4.78 is 24.3. The maximum Gasteiger partial charge on any atom is 0.255 e. The van der Waals surface area contributed by atoms with E-state index < -0.39 is 0 Å². The minimum absolute atomic E-state index is 0.0781. The number of carbonyl (C=O) groups excluding carboxylic acids is 1. The van der Waals surface area contributed by atoms with E-state index in [-0.39, 0.29) is 17.5 Å². The molecule has 2 aromatic rings. The number of ether oxygens (including phenoxy) is 2. The Morgan fingerprint density at radius 1 is 1.10 bits per heavy atom. The summed E-state index contributed by atoms with van der Waals surface area (Å²) >= 11 is 6.48. The van der Waals surface area contributed by atoms with Crippen LogP contribution in [0.4, 0.5) is 15.9 Å². The van der Waals surface area contributed by atoms with Gasteiger partial charge >= 0.3 is 0 Å². The molecule has 0 bridgehead atoms. The van der Waals surface area contributed by atoms with E-state index in [1.807, 2.05) is 6.07 Å². The smallest absolute Gasteiger partial charge is 0.255 e. The van der Waals surface area contributed by atoms with Crippen LogP contribution in [-0.2, 0) is 4.74 Å². The van der Waals surface area contributed by atoms with Gasteiger partial charge in [0, 0.05) is 57.2 Å². The van der Waals surface area contributed by atoms with Gasteiger partial charge in [-0.25, -0.2) is 9.37 Å². The molecule has 3 heterocycles. The number of hydrogen-bond donors (Lipinski definition) is 0. The molecular weight excluding hydrogens is 411 g/mol. The Balaban J connectivity index is 1.41. The van der Waals surface area contributed by atoms with Gasteiger partial charge in [-0.15, -0.1) is 0 Å². The number of hydrogen-bond acceptors (Lipinski definition) is 6. The molecule has 2 aliphatic rings. The number of amides is 1. The van der Waals surface area contributed by atoms with Crippen LogP contribution < -0.4 is 14.5 Å². The molecule has 0 N–H and O–H groups in total. The van der Waals surface area contributed by atoms with Gasteiger partial charge in [0.1, 0.15) is 5.82 Å². The number of methoxy groups -OCH3 is 1. The summed E-state index contributed by atoms with van der Waals surface area (Å²) in [5.74, 6) is 0.448. The second kappa shape index (κ2) is 9.06. The van der Waals surface area contributed by atoms with Gasteiger partial charge in [0.15, 0.2) is 11.6 Å². The van der Waals surface area contributed by atoms with Crippen molar-refractivity contribution < 1.29 is 18.7 Å². The SMILES string of the molecule is COc1ccc(N2CCN(c3ncc(C(=O)N4CCOCC4)cc3Cl)CC2)cc1F. The predicted octanol–water partition coefficient (Wildman–Crippen LogP) is 2.68. The van der Waals surface area contributed by atoms with Crippen LogP contribution >= 0.6 is 11.6 Å². The summed E-state index contributed by atoms with van der Waals surface area (Å²) in [6.45, 7) is 5.05. The summed E-state index contributed by atoms with van der Waals surface area (Å²) in [6, 6.07) is 6.67. The van der Waals surface area contributed by atoms with E-state index in [1.165, 1.54) is 13.2 Å². The van der Waals surface area contributed by atoms with E-state index in [0.717, 1.165) is 5.69 Å². The molecule has 0 radical (unpaired) electrons. The predicted molar refractivity (Wildman–Crippen MR) is 113 cm³/mol. The van der Waals surface area contributed by atoms with E-state index in [9.17, 15) is 9.18 Å². The van der Waals surface area contributed by atoms with Crippen molar-refractivity contribution in [3.8, 4) is 5.75 Å². The Morgan fingerprint density at radius 2 is 1.80 bits per heavy atom. The van der Waals surface area contributed by atoms with Crippen LogP contribution in [0, 0.1) is 5.82 Å². The van der Waals surface area contributed by atoms with Crippen molar-refractivity contribution in [2.24, 2.45) is 0 Å². The topological polar surface area (TPSA) is 58.1 Å². The van der Waals surface area contributed by atoms with Crippen molar-refractivity contribution in [3.05, 3.63) is 46.9 Å². The fraction of sp³-hybridized carbons (Fsp3) is 0.429. The zero-order valence-electron chi connectivity index (χ0n) is 16.8. The molecule has 1 aromatic heterocycles. The number of rotatable bonds is 4. The number of nitrogens with zero attached hydrogens (tertiary/aromatic N) is 4. The second-order valence-electron chi connectivity index (χ2n) is 7.23. The Bertz CT molecular complexity index is 915. The molecule has 2 fully saturated rings. The third-order valence-corrected chi connectivity index (χ3v) is 5.72. The molecule has 9 heteroatoms. The molecule has 0 aliphatic carbocycles. The number of anilines is 2. The first kappa shape index (κ1) is 20.7. The second-order valence-corrected chi connectivity index (χ2v) is 7.63. The van der Waals surface area contributed by atoms with Crippen molar-refractivity contribution in [1.29, 1.82) is 0 Å². The van der Waals surface area contributed by atoms with Gasteiger partial charge < -0.3 is 24.2 Å². The Hall–Kier alpha value is -2.58. The monoisotopic (exact) mass is 434 g/mol. The molecule has 0 unspecified atom stereocenters. The first-order valence-electron chi connectivity index (χ1n) is 9.93. The van der Waals surface area contributed by atoms with Crippen LogP contribution in [0.5, 0.6) is 5.75 Å². The maximum absolute atomic E-state index is 14.0. The molecule has 2 saturated heterocycles. The first-order chi connectivity index (χ1) is 14.6. The zero-order chi connectivity index (χ0) is 21.1. The fourth-order valence-corrected chi connectivity index (χ4v) is 4.04. The Labute approximate surface area is 179 Å². The summed E-state index contributed by atoms with van der Waals surface area (Å²) in [6.07, 6.45) is 1.59. The van der Waals surface area contributed by atoms with E-state index in [2.05, 4.69) is 14.8 Å². The van der Waals surface area contributed by atoms with Gasteiger partial charge in [-0.2, -0.15) is 0 Å². The molecule has 30 heavy (non-hydrogen) atoms. The summed E-state index contributed by atoms with van der Waals surface area (Å²) in [7, 11) is 1.45. The summed E-state index contributed by atoms with van der Waals surface area (Å²) in [5, 5.41) is 0.457. The van der Waals surface area contributed by atoms with Crippen LogP contribution in [0.25, 0.3) is 0 Å². The molecular formula is C21H24ClFN4O3. The molecule has 0 atom stereocenters. The highest BCUT2D eigenvalue weighted by Crippen LogP contribution is 2.28. The van der Waals surface area contributed by atoms with Gasteiger partial charge in [0.05, 0.1) is 30.9 Å². The minimum Gasteiger partial charge on any atom is -0.494 e. The third kappa shape index (κ3) is 4.29. The third-order valence-electron chi connectivity index (χ3n) is 5.45. The standard InChI is InChI=1S/C21H24ClFN4O3/c1-29-19-3-2-16(13-18(19)23)25-4-6-26(7-5-25)20-17(22)12-15(14-24-20)21(28)27-8-10-30-11-9-27/h2-3,12-14H,4-11H2,1H3. The number of pyridine rings is 1. The summed E-state index contributed by atoms with van der Waals surface area (Å²) in [5.41, 5.74) is 1.30. The molecule has 0 saturated carbocycles. The van der Waals surface area contributed by atoms with Crippen LogP contribution in [0.15, 0.2) is 30.5 Å². The molecule has 7 nitrogen and oxygen atoms in total. The van der Waals surface area contributed by atoms with Gasteiger partial charge in [0.2, 0.25) is 0 Å². The highest BCUT2D eigenvalue weighted by atomic mass is 35.5. The highest BCUT2D eigenvalue weighted by molar-refractivity contribution is 6.33. The lowest BCUT2D eigenvalue weighted by molar-refractivity contribution is 0.0302. The van der Waals surface area contributed by atoms with E-state index in [0.29, 0.717) is 68.9 Å². The van der Waals surface area contributed by atoms with Gasteiger partial charge in [-0.3, -0.25) is 4.79 Å². The van der Waals surface area contributed by atoms with Crippen LogP contribution in [-0.4, -0.2) is 75.4 Å². The molecule has 1 amide bonds. The fourth-order valence-electron chi connectivity index (χ4n) is 3.76. The molecule has 0 spiro atoms. The van der Waals surface area contributed by atoms with Crippen molar-refractivity contribution in [1.82, 2.24) is 9.88 Å². The number of benzene rings is 1. The molecule has 1 aromatic carbocycles. The Morgan fingerprint density at radius 3 is 2.43 bits per heavy atom. The van der Waals surface area contributed by atoms with Crippen LogP contribution in [0.3, 0.4) is 0 Å². The lowest BCUT2D eigenvalue weighted by atomic mass is 10.2. The quantitative estimate of drug-likeness (QED) is 0.737. The van der Waals surface area contributed by atoms with E-state index in [1.54, 1.807) is 23.2 Å². The number of carbonyl (C=O) groups is 1. The highest BCUT2D eigenvalue weighted by Gasteiger charge is 2.23. The number of piperazine rings is 1. The van der Waals surface area contributed by atoms with Crippen molar-refractivity contribution in [2.75, 3.05) is 69.4 Å². The molecule has 2 aliphatic heterocycles. The Kier molecular flexibility index (Phi) is 6.24. The van der Waals surface area contributed by atoms with E-state index >= 15 is 0 Å². The van der Waals surface area contributed by atoms with Crippen molar-refractivity contribution in [2.45, 2.75) is 0 Å². The van der Waals surface area contributed by atoms with Gasteiger partial charge in [0.25, 0.3) is 5.91 Å². The lowest BCUT2D eigenvalue weighted by Gasteiger charge is -2.37. The summed E-state index contributed by atoms with van der Waals surface area (Å²) in [4.78, 5) is 23.0. The van der Waals surface area contributed by atoms with Crippen LogP contribution in [0.2, 0.25) is 5.02 Å². The number of halogens is 2. The van der Waals surface area contributed by atoms with Gasteiger partial charge in [-0.05, 0) is 18.2 Å². The van der Waals surface area contributed by atoms with Crippen LogP contribution in [0.1, 0.15) is 10.4 Å². The molecule has 160 valence electrons. The number of aromatic nitrogens is 1. The first-order valence-corrected chi connectivity index (χ1v) is 10.3. The lowest BCUT2D eigenvalue weighted by Crippen LogP contribution is -2.47. The van der Waals surface area contributed by atoms with Crippen molar-refractivity contribution in [3.63, 3.8) is 0 Å². The average Bonchev–Trinajstić information content (AvgIpc) is 2.79. The van der Waals surface area contributed by atoms with Gasteiger partial charge in [-0.1, -0.05) is 11.6 Å². The zero-order valence-corrected chi connectivity index (χ0v) is 17.6. The van der Waals surface area contributed by atoms with E-state index in [4.69, 9.17) is 21.1 Å². The largest absolute Gasteiger partial charge is 0.494 e.